The zero-order valence-electron chi connectivity index (χ0n) is 19.4. The monoisotopic (exact) mass is 502 g/mol. The van der Waals surface area contributed by atoms with Crippen LogP contribution in [-0.2, 0) is 25.9 Å². The lowest BCUT2D eigenvalue weighted by molar-refractivity contribution is -0.00987. The summed E-state index contributed by atoms with van der Waals surface area (Å²) in [5.41, 5.74) is 2.36. The lowest BCUT2D eigenvalue weighted by Crippen LogP contribution is -2.47. The number of aliphatic hydroxyl groups excluding tert-OH is 1. The summed E-state index contributed by atoms with van der Waals surface area (Å²) in [6.07, 6.45) is 3.35. The predicted octanol–water partition coefficient (Wildman–Crippen LogP) is 1.38. The molecule has 1 aromatic heterocycles. The maximum atomic E-state index is 12.6. The van der Waals surface area contributed by atoms with E-state index < -0.39 is 27.6 Å². The number of rotatable bonds is 5. The second-order valence-electron chi connectivity index (χ2n) is 9.32. The van der Waals surface area contributed by atoms with Crippen molar-refractivity contribution in [1.29, 1.82) is 0 Å². The van der Waals surface area contributed by atoms with E-state index in [0.29, 0.717) is 44.6 Å². The number of β-amino-alcohol motifs (C(OH)–C–C–N with tert-alkyl or cyclic N) is 1. The summed E-state index contributed by atoms with van der Waals surface area (Å²) >= 11 is 0. The molecule has 5 rings (SSSR count). The summed E-state index contributed by atoms with van der Waals surface area (Å²) in [4.78, 5) is 35.8. The first-order valence-electron chi connectivity index (χ1n) is 11.3. The van der Waals surface area contributed by atoms with Crippen LogP contribution in [0.25, 0.3) is 0 Å². The number of aromatic nitrogens is 2. The lowest BCUT2D eigenvalue weighted by Gasteiger charge is -2.38. The Hall–Kier alpha value is -3.09. The molecule has 35 heavy (non-hydrogen) atoms. The van der Waals surface area contributed by atoms with Crippen LogP contribution in [0.5, 0.6) is 0 Å². The molecule has 1 unspecified atom stereocenters. The number of benzene rings is 1. The fourth-order valence-electron chi connectivity index (χ4n) is 4.91. The molecule has 1 atom stereocenters. The van der Waals surface area contributed by atoms with Gasteiger partial charge in [-0.25, -0.2) is 28.0 Å². The van der Waals surface area contributed by atoms with Gasteiger partial charge in [-0.1, -0.05) is 6.07 Å². The first-order valence-corrected chi connectivity index (χ1v) is 13.2. The molecule has 12 heteroatoms. The summed E-state index contributed by atoms with van der Waals surface area (Å²) in [7, 11) is -3.48. The number of carbonyl (C=O) groups excluding carboxylic acids is 2. The van der Waals surface area contributed by atoms with Gasteiger partial charge in [-0.15, -0.1) is 0 Å². The fourth-order valence-corrected chi connectivity index (χ4v) is 5.40. The Balaban J connectivity index is 1.21. The fraction of sp³-hybridized carbons (Fsp3) is 0.478. The molecule has 186 valence electrons. The second-order valence-corrected chi connectivity index (χ2v) is 11.3. The molecule has 11 nitrogen and oxygen atoms in total. The number of fused-ring (bicyclic) bond motifs is 1. The van der Waals surface area contributed by atoms with Gasteiger partial charge in [0.1, 0.15) is 12.2 Å². The number of hydrogen-bond donors (Lipinski definition) is 1. The maximum absolute atomic E-state index is 12.6. The molecule has 0 bridgehead atoms. The Bertz CT molecular complexity index is 1290. The minimum absolute atomic E-state index is 0.159. The largest absolute Gasteiger partial charge is 0.457 e. The topological polar surface area (TPSA) is 139 Å². The molecule has 0 radical (unpaired) electrons. The summed E-state index contributed by atoms with van der Waals surface area (Å²) in [6, 6.07) is 3.49. The van der Waals surface area contributed by atoms with E-state index in [1.807, 2.05) is 6.92 Å². The van der Waals surface area contributed by atoms with Crippen molar-refractivity contribution in [3.8, 4) is 0 Å². The molecule has 2 fully saturated rings. The van der Waals surface area contributed by atoms with Crippen LogP contribution in [0.3, 0.4) is 0 Å². The zero-order valence-corrected chi connectivity index (χ0v) is 20.2. The van der Waals surface area contributed by atoms with Gasteiger partial charge >= 0.3 is 12.1 Å². The molecule has 1 amide bonds. The van der Waals surface area contributed by atoms with E-state index in [9.17, 15) is 23.1 Å². The number of likely N-dealkylation sites (tertiary alicyclic amines) is 1. The van der Waals surface area contributed by atoms with Crippen LogP contribution < -0.4 is 4.90 Å². The number of piperidine rings is 1. The number of nitrogens with zero attached hydrogens (tertiary/aromatic N) is 4. The van der Waals surface area contributed by atoms with E-state index in [-0.39, 0.29) is 23.4 Å². The van der Waals surface area contributed by atoms with E-state index >= 15 is 0 Å². The highest BCUT2D eigenvalue weighted by atomic mass is 32.2. The minimum Gasteiger partial charge on any atom is -0.457 e. The molecular weight excluding hydrogens is 476 g/mol. The molecule has 1 N–H and O–H groups in total. The number of sulfone groups is 1. The molecule has 1 aromatic carbocycles. The van der Waals surface area contributed by atoms with Gasteiger partial charge in [0, 0.05) is 44.3 Å². The number of ether oxygens (including phenoxy) is 2. The van der Waals surface area contributed by atoms with Crippen molar-refractivity contribution in [2.75, 3.05) is 37.3 Å². The van der Waals surface area contributed by atoms with Crippen LogP contribution in [0, 0.1) is 6.92 Å². The third kappa shape index (κ3) is 4.37. The van der Waals surface area contributed by atoms with Crippen LogP contribution in [0.15, 0.2) is 29.6 Å². The van der Waals surface area contributed by atoms with Crippen molar-refractivity contribution in [3.63, 3.8) is 0 Å². The second kappa shape index (κ2) is 8.54. The predicted molar refractivity (Wildman–Crippen MR) is 123 cm³/mol. The summed E-state index contributed by atoms with van der Waals surface area (Å²) < 4.78 is 34.0. The van der Waals surface area contributed by atoms with E-state index in [0.717, 1.165) is 29.1 Å². The van der Waals surface area contributed by atoms with Crippen LogP contribution in [0.1, 0.15) is 46.0 Å². The minimum atomic E-state index is -3.48. The molecular formula is C23H26N4O7S. The van der Waals surface area contributed by atoms with Crippen molar-refractivity contribution in [1.82, 2.24) is 14.9 Å². The van der Waals surface area contributed by atoms with E-state index in [4.69, 9.17) is 9.47 Å². The standard InChI is InChI=1S/C23H26N4O7S/c1-14-15(3-4-16-17(14)12-33-21(16)29)18(28)11-26-7-5-23(6-8-26)13-27(22(30)34-23)19-9-25-20(10-24-19)35(2,31)32/h3-4,9-10,18,28H,5-8,11-13H2,1-2H3. The number of esters is 1. The molecule has 3 aliphatic rings. The molecule has 1 spiro atoms. The van der Waals surface area contributed by atoms with E-state index in [1.165, 1.54) is 11.1 Å². The van der Waals surface area contributed by atoms with Crippen LogP contribution >= 0.6 is 0 Å². The molecule has 2 saturated heterocycles. The molecule has 3 aliphatic heterocycles. The Labute approximate surface area is 202 Å². The number of carbonyl (C=O) groups is 2. The smallest absolute Gasteiger partial charge is 0.416 e. The Morgan fingerprint density at radius 2 is 1.91 bits per heavy atom. The summed E-state index contributed by atoms with van der Waals surface area (Å²) in [6.45, 7) is 4.09. The number of amides is 1. The number of aliphatic hydroxyl groups is 1. The Morgan fingerprint density at radius 3 is 2.57 bits per heavy atom. The third-order valence-corrected chi connectivity index (χ3v) is 7.98. The molecule has 0 aliphatic carbocycles. The maximum Gasteiger partial charge on any atom is 0.416 e. The van der Waals surface area contributed by atoms with Gasteiger partial charge in [0.05, 0.1) is 30.6 Å². The van der Waals surface area contributed by atoms with Crippen LogP contribution in [-0.4, -0.2) is 78.5 Å². The highest BCUT2D eigenvalue weighted by molar-refractivity contribution is 7.90. The van der Waals surface area contributed by atoms with Crippen molar-refractivity contribution in [2.24, 2.45) is 0 Å². The first-order chi connectivity index (χ1) is 16.6. The normalized spacial score (nSPS) is 20.6. The SMILES string of the molecule is Cc1c(C(O)CN2CCC3(CC2)CN(c2cnc(S(C)(=O)=O)cn2)C(=O)O3)ccc2c1COC2=O. The van der Waals surface area contributed by atoms with Crippen molar-refractivity contribution >= 4 is 27.7 Å². The van der Waals surface area contributed by atoms with Gasteiger partial charge in [0.15, 0.2) is 20.7 Å². The van der Waals surface area contributed by atoms with Gasteiger partial charge < -0.3 is 19.5 Å². The highest BCUT2D eigenvalue weighted by Crippen LogP contribution is 2.36. The zero-order chi connectivity index (χ0) is 25.0. The van der Waals surface area contributed by atoms with E-state index in [2.05, 4.69) is 14.9 Å². The summed E-state index contributed by atoms with van der Waals surface area (Å²) in [5, 5.41) is 10.7. The molecule has 0 saturated carbocycles. The van der Waals surface area contributed by atoms with Gasteiger partial charge in [0.25, 0.3) is 0 Å². The number of anilines is 1. The Morgan fingerprint density at radius 1 is 1.17 bits per heavy atom. The van der Waals surface area contributed by atoms with Crippen LogP contribution in [0.4, 0.5) is 10.6 Å². The van der Waals surface area contributed by atoms with E-state index in [1.54, 1.807) is 12.1 Å². The quantitative estimate of drug-likeness (QED) is 0.597. The average molecular weight is 503 g/mol. The number of cyclic esters (lactones) is 1. The Kier molecular flexibility index (Phi) is 5.77. The third-order valence-electron chi connectivity index (χ3n) is 7.01. The average Bonchev–Trinajstić information content (AvgIpc) is 3.35. The molecule has 2 aromatic rings. The highest BCUT2D eigenvalue weighted by Gasteiger charge is 2.48. The first kappa shape index (κ1) is 23.6. The van der Waals surface area contributed by atoms with Crippen molar-refractivity contribution < 1.29 is 32.6 Å². The van der Waals surface area contributed by atoms with Crippen molar-refractivity contribution in [3.05, 3.63) is 46.8 Å². The van der Waals surface area contributed by atoms with Crippen LogP contribution in [0.2, 0.25) is 0 Å². The lowest BCUT2D eigenvalue weighted by atomic mass is 9.90. The van der Waals surface area contributed by atoms with Gasteiger partial charge in [-0.3, -0.25) is 4.90 Å². The summed E-state index contributed by atoms with van der Waals surface area (Å²) in [5.74, 6) is -0.0883. The van der Waals surface area contributed by atoms with Gasteiger partial charge in [-0.2, -0.15) is 0 Å². The molecule has 4 heterocycles. The number of hydrogen-bond acceptors (Lipinski definition) is 10. The van der Waals surface area contributed by atoms with Gasteiger partial charge in [-0.05, 0) is 24.1 Å². The van der Waals surface area contributed by atoms with Gasteiger partial charge in [0.2, 0.25) is 0 Å². The van der Waals surface area contributed by atoms with Crippen molar-refractivity contribution in [2.45, 2.75) is 43.1 Å².